The summed E-state index contributed by atoms with van der Waals surface area (Å²) in [7, 11) is -3.84. The Bertz CT molecular complexity index is 1470. The van der Waals surface area contributed by atoms with E-state index in [0.29, 0.717) is 17.8 Å². The van der Waals surface area contributed by atoms with Crippen molar-refractivity contribution < 1.29 is 18.0 Å². The van der Waals surface area contributed by atoms with E-state index in [-0.39, 0.29) is 36.5 Å². The van der Waals surface area contributed by atoms with E-state index in [0.717, 1.165) is 21.0 Å². The first kappa shape index (κ1) is 25.8. The average Bonchev–Trinajstić information content (AvgIpc) is 3.49. The lowest BCUT2D eigenvalue weighted by Crippen LogP contribution is -2.43. The van der Waals surface area contributed by atoms with E-state index in [1.165, 1.54) is 11.1 Å². The van der Waals surface area contributed by atoms with Gasteiger partial charge in [-0.2, -0.15) is 0 Å². The number of carbonyl (C=O) groups is 2. The molecule has 0 radical (unpaired) electrons. The van der Waals surface area contributed by atoms with Crippen LogP contribution in [0.4, 0.5) is 0 Å². The number of hydrogen-bond acceptors (Lipinski definition) is 6. The number of ketones is 1. The first-order valence-corrected chi connectivity index (χ1v) is 14.3. The smallest absolute Gasteiger partial charge is 0.241 e. The lowest BCUT2D eigenvalue weighted by atomic mass is 9.87. The summed E-state index contributed by atoms with van der Waals surface area (Å²) in [5, 5.41) is 0. The van der Waals surface area contributed by atoms with Crippen molar-refractivity contribution in [2.24, 2.45) is 5.92 Å². The molecule has 2 aromatic heterocycles. The average molecular weight is 531 g/mol. The highest BCUT2D eigenvalue weighted by atomic mass is 32.2. The summed E-state index contributed by atoms with van der Waals surface area (Å²) in [6, 6.07) is 15.9. The number of pyridine rings is 2. The van der Waals surface area contributed by atoms with E-state index in [9.17, 15) is 18.0 Å². The summed E-state index contributed by atoms with van der Waals surface area (Å²) in [5.41, 5.74) is 3.55. The second-order valence-corrected chi connectivity index (χ2v) is 12.0. The van der Waals surface area contributed by atoms with Gasteiger partial charge in [0.2, 0.25) is 15.9 Å². The Morgan fingerprint density at radius 1 is 1.05 bits per heavy atom. The van der Waals surface area contributed by atoms with Crippen molar-refractivity contribution in [1.82, 2.24) is 19.2 Å². The molecular weight excluding hydrogens is 500 g/mol. The largest absolute Gasteiger partial charge is 0.323 e. The van der Waals surface area contributed by atoms with Gasteiger partial charge < -0.3 is 4.90 Å². The molecule has 1 fully saturated rings. The van der Waals surface area contributed by atoms with E-state index < -0.39 is 22.0 Å². The minimum Gasteiger partial charge on any atom is -0.323 e. The zero-order valence-electron chi connectivity index (χ0n) is 21.4. The van der Waals surface area contributed by atoms with Crippen molar-refractivity contribution in [3.8, 4) is 11.1 Å². The second kappa shape index (κ2) is 10.5. The Morgan fingerprint density at radius 3 is 2.58 bits per heavy atom. The topological polar surface area (TPSA) is 101 Å². The number of amides is 1. The van der Waals surface area contributed by atoms with E-state index in [1.807, 2.05) is 36.4 Å². The molecule has 2 aliphatic heterocycles. The predicted octanol–water partition coefficient (Wildman–Crippen LogP) is 3.78. The van der Waals surface area contributed by atoms with E-state index in [2.05, 4.69) is 23.8 Å². The van der Waals surface area contributed by atoms with Gasteiger partial charge in [-0.1, -0.05) is 50.2 Å². The van der Waals surface area contributed by atoms with Gasteiger partial charge in [0, 0.05) is 25.1 Å². The molecule has 3 aromatic rings. The van der Waals surface area contributed by atoms with Crippen LogP contribution in [0, 0.1) is 5.92 Å². The lowest BCUT2D eigenvalue weighted by Gasteiger charge is -2.29. The van der Waals surface area contributed by atoms with Gasteiger partial charge in [-0.25, -0.2) is 8.42 Å². The van der Waals surface area contributed by atoms with Crippen LogP contribution in [0.1, 0.15) is 37.4 Å². The predicted molar refractivity (Wildman–Crippen MR) is 144 cm³/mol. The van der Waals surface area contributed by atoms with Crippen LogP contribution in [0.2, 0.25) is 0 Å². The maximum Gasteiger partial charge on any atom is 0.241 e. The van der Waals surface area contributed by atoms with E-state index in [1.54, 1.807) is 36.7 Å². The summed E-state index contributed by atoms with van der Waals surface area (Å²) in [5.74, 6) is -1.01. The van der Waals surface area contributed by atoms with Crippen molar-refractivity contribution in [2.45, 2.75) is 38.0 Å². The molecule has 0 saturated carbocycles. The van der Waals surface area contributed by atoms with Crippen LogP contribution in [-0.4, -0.2) is 58.4 Å². The number of rotatable bonds is 8. The Hall–Kier alpha value is -3.85. The lowest BCUT2D eigenvalue weighted by molar-refractivity contribution is -0.137. The summed E-state index contributed by atoms with van der Waals surface area (Å²) in [6.45, 7) is 4.04. The fourth-order valence-corrected chi connectivity index (χ4v) is 6.73. The minimum absolute atomic E-state index is 0.171. The number of aromatic nitrogens is 2. The molecule has 2 aliphatic rings. The Labute approximate surface area is 223 Å². The molecular formula is C29H30N4O4S. The first-order chi connectivity index (χ1) is 18.2. The highest BCUT2D eigenvalue weighted by Crippen LogP contribution is 2.36. The standard InChI is InChI=1S/C29H30N4O4S/c1-20(2)15-25(22-8-5-7-21(16-22)23-9-6-12-30-17-23)29(35)32-14-11-26-28(32)27(34)18-33(26)38(36,37)19-24-10-3-4-13-31-24/h3-13,16-17,20,25,28H,14-15,18-19H2,1-2H3. The molecule has 38 heavy (non-hydrogen) atoms. The SMILES string of the molecule is CC(C)CC(C(=O)N1CC=C2C1C(=O)CN2S(=O)(=O)Cc1ccccn1)c1cccc(-c2cccnc2)c1. The molecule has 1 amide bonds. The van der Waals surface area contributed by atoms with Crippen LogP contribution in [0.15, 0.2) is 85.0 Å². The molecule has 1 saturated heterocycles. The number of fused-ring (bicyclic) bond motifs is 1. The molecule has 9 heteroatoms. The van der Waals surface area contributed by atoms with E-state index in [4.69, 9.17) is 0 Å². The Kier molecular flexibility index (Phi) is 7.12. The van der Waals surface area contributed by atoms with Gasteiger partial charge in [0.25, 0.3) is 0 Å². The van der Waals surface area contributed by atoms with Crippen molar-refractivity contribution >= 4 is 21.7 Å². The van der Waals surface area contributed by atoms with Crippen molar-refractivity contribution in [3.05, 3.63) is 96.2 Å². The van der Waals surface area contributed by atoms with Crippen molar-refractivity contribution in [2.75, 3.05) is 13.1 Å². The quantitative estimate of drug-likeness (QED) is 0.439. The molecule has 2 atom stereocenters. The van der Waals surface area contributed by atoms with Gasteiger partial charge in [-0.3, -0.25) is 23.9 Å². The van der Waals surface area contributed by atoms with Crippen LogP contribution in [0.3, 0.4) is 0 Å². The zero-order valence-corrected chi connectivity index (χ0v) is 22.2. The molecule has 0 aliphatic carbocycles. The maximum absolute atomic E-state index is 14.0. The Morgan fingerprint density at radius 2 is 1.87 bits per heavy atom. The zero-order chi connectivity index (χ0) is 26.9. The number of Topliss-reactive ketones (excluding diaryl/α,β-unsaturated/α-hetero) is 1. The fourth-order valence-electron chi connectivity index (χ4n) is 5.21. The van der Waals surface area contributed by atoms with Crippen LogP contribution < -0.4 is 0 Å². The second-order valence-electron chi connectivity index (χ2n) is 10.1. The van der Waals surface area contributed by atoms with Crippen molar-refractivity contribution in [1.29, 1.82) is 0 Å². The third kappa shape index (κ3) is 5.11. The summed E-state index contributed by atoms with van der Waals surface area (Å²) in [6.07, 6.45) is 7.34. The van der Waals surface area contributed by atoms with Crippen LogP contribution >= 0.6 is 0 Å². The highest BCUT2D eigenvalue weighted by molar-refractivity contribution is 7.88. The molecule has 0 N–H and O–H groups in total. The van der Waals surface area contributed by atoms with Gasteiger partial charge in [0.1, 0.15) is 11.8 Å². The van der Waals surface area contributed by atoms with Crippen LogP contribution in [-0.2, 0) is 25.4 Å². The van der Waals surface area contributed by atoms with Crippen LogP contribution in [0.25, 0.3) is 11.1 Å². The third-order valence-electron chi connectivity index (χ3n) is 6.95. The molecule has 5 rings (SSSR count). The number of sulfonamides is 1. The first-order valence-electron chi connectivity index (χ1n) is 12.7. The van der Waals surface area contributed by atoms with Gasteiger partial charge in [0.15, 0.2) is 5.78 Å². The monoisotopic (exact) mass is 530 g/mol. The minimum atomic E-state index is -3.84. The Balaban J connectivity index is 1.41. The normalized spacial score (nSPS) is 18.0. The van der Waals surface area contributed by atoms with Gasteiger partial charge in [0.05, 0.1) is 23.9 Å². The van der Waals surface area contributed by atoms with Crippen molar-refractivity contribution in [3.63, 3.8) is 0 Å². The fraction of sp³-hybridized carbons (Fsp3) is 0.310. The number of nitrogens with zero attached hydrogens (tertiary/aromatic N) is 4. The summed E-state index contributed by atoms with van der Waals surface area (Å²) in [4.78, 5) is 37.0. The number of carbonyl (C=O) groups excluding carboxylic acids is 2. The van der Waals surface area contributed by atoms with Gasteiger partial charge >= 0.3 is 0 Å². The van der Waals surface area contributed by atoms with Gasteiger partial charge in [-0.05, 0) is 53.3 Å². The molecule has 4 heterocycles. The molecule has 0 spiro atoms. The van der Waals surface area contributed by atoms with Crippen LogP contribution in [0.5, 0.6) is 0 Å². The molecule has 8 nitrogen and oxygen atoms in total. The summed E-state index contributed by atoms with van der Waals surface area (Å²) >= 11 is 0. The molecule has 2 unspecified atom stereocenters. The molecule has 1 aromatic carbocycles. The summed E-state index contributed by atoms with van der Waals surface area (Å²) < 4.78 is 27.6. The third-order valence-corrected chi connectivity index (χ3v) is 8.62. The van der Waals surface area contributed by atoms with Gasteiger partial charge in [-0.15, -0.1) is 0 Å². The molecule has 196 valence electrons. The maximum atomic E-state index is 14.0. The highest BCUT2D eigenvalue weighted by Gasteiger charge is 2.49. The molecule has 0 bridgehead atoms. The number of benzene rings is 1. The van der Waals surface area contributed by atoms with E-state index >= 15 is 0 Å². The number of hydrogen-bond donors (Lipinski definition) is 0.